The van der Waals surface area contributed by atoms with Crippen LogP contribution >= 0.6 is 0 Å². The topological polar surface area (TPSA) is 87.6 Å². The number of methoxy groups -OCH3 is 1. The molecule has 1 aromatic carbocycles. The minimum atomic E-state index is -0.697. The summed E-state index contributed by atoms with van der Waals surface area (Å²) in [7, 11) is 1.53. The fraction of sp³-hybridized carbons (Fsp3) is 0.364. The average Bonchev–Trinajstić information content (AvgIpc) is 2.29. The normalized spacial score (nSPS) is 11.9. The standard InChI is InChI=1S/C11H16N2O3/c1-7(11(13)14)16-9-4-3-8(6-12)5-10(9)15-2/h3-5,7H,6,12H2,1-2H3,(H2,13,14). The highest BCUT2D eigenvalue weighted by molar-refractivity contribution is 5.78. The number of rotatable bonds is 5. The third-order valence-corrected chi connectivity index (χ3v) is 2.17. The predicted octanol–water partition coefficient (Wildman–Crippen LogP) is 0.406. The number of benzene rings is 1. The van der Waals surface area contributed by atoms with Crippen LogP contribution in [0.25, 0.3) is 0 Å². The van der Waals surface area contributed by atoms with Crippen molar-refractivity contribution in [1.29, 1.82) is 0 Å². The lowest BCUT2D eigenvalue weighted by molar-refractivity contribution is -0.124. The monoisotopic (exact) mass is 224 g/mol. The molecule has 1 atom stereocenters. The van der Waals surface area contributed by atoms with Crippen LogP contribution in [0.2, 0.25) is 0 Å². The molecule has 0 bridgehead atoms. The van der Waals surface area contributed by atoms with Gasteiger partial charge in [-0.2, -0.15) is 0 Å². The summed E-state index contributed by atoms with van der Waals surface area (Å²) >= 11 is 0. The third kappa shape index (κ3) is 2.87. The molecule has 88 valence electrons. The van der Waals surface area contributed by atoms with Gasteiger partial charge in [-0.15, -0.1) is 0 Å². The van der Waals surface area contributed by atoms with Crippen LogP contribution in [0.5, 0.6) is 11.5 Å². The summed E-state index contributed by atoms with van der Waals surface area (Å²) in [5, 5.41) is 0. The molecule has 5 nitrogen and oxygen atoms in total. The maximum Gasteiger partial charge on any atom is 0.258 e. The van der Waals surface area contributed by atoms with Crippen molar-refractivity contribution in [2.45, 2.75) is 19.6 Å². The molecule has 1 amide bonds. The lowest BCUT2D eigenvalue weighted by Gasteiger charge is -2.14. The number of carbonyl (C=O) groups excluding carboxylic acids is 1. The molecule has 0 aromatic heterocycles. The Morgan fingerprint density at radius 2 is 2.12 bits per heavy atom. The molecule has 4 N–H and O–H groups in total. The molecule has 0 radical (unpaired) electrons. The SMILES string of the molecule is COc1cc(CN)ccc1OC(C)C(N)=O. The van der Waals surface area contributed by atoms with Crippen molar-refractivity contribution in [3.63, 3.8) is 0 Å². The number of hydrogen-bond donors (Lipinski definition) is 2. The summed E-state index contributed by atoms with van der Waals surface area (Å²) in [4.78, 5) is 10.9. The van der Waals surface area contributed by atoms with E-state index in [1.165, 1.54) is 7.11 Å². The maximum absolute atomic E-state index is 10.9. The summed E-state index contributed by atoms with van der Waals surface area (Å²) in [6, 6.07) is 5.29. The molecule has 0 heterocycles. The molecule has 0 aliphatic rings. The molecule has 0 spiro atoms. The summed E-state index contributed by atoms with van der Waals surface area (Å²) < 4.78 is 10.5. The molecule has 0 fully saturated rings. The van der Waals surface area contributed by atoms with E-state index in [9.17, 15) is 4.79 Å². The van der Waals surface area contributed by atoms with Gasteiger partial charge in [-0.3, -0.25) is 4.79 Å². The van der Waals surface area contributed by atoms with Gasteiger partial charge < -0.3 is 20.9 Å². The number of amides is 1. The fourth-order valence-corrected chi connectivity index (χ4v) is 1.18. The Hall–Kier alpha value is -1.75. The number of nitrogens with two attached hydrogens (primary N) is 2. The molecule has 1 unspecified atom stereocenters. The lowest BCUT2D eigenvalue weighted by Crippen LogP contribution is -2.30. The number of primary amides is 1. The van der Waals surface area contributed by atoms with E-state index < -0.39 is 12.0 Å². The quantitative estimate of drug-likeness (QED) is 0.758. The Kier molecular flexibility index (Phi) is 4.13. The van der Waals surface area contributed by atoms with Gasteiger partial charge in [0, 0.05) is 6.54 Å². The van der Waals surface area contributed by atoms with E-state index in [1.54, 1.807) is 19.1 Å². The van der Waals surface area contributed by atoms with Gasteiger partial charge in [0.25, 0.3) is 5.91 Å². The van der Waals surface area contributed by atoms with Gasteiger partial charge in [0.05, 0.1) is 7.11 Å². The number of carbonyl (C=O) groups is 1. The van der Waals surface area contributed by atoms with Crippen LogP contribution in [0, 0.1) is 0 Å². The first-order valence-electron chi connectivity index (χ1n) is 4.91. The van der Waals surface area contributed by atoms with E-state index in [4.69, 9.17) is 20.9 Å². The second kappa shape index (κ2) is 5.37. The summed E-state index contributed by atoms with van der Waals surface area (Å²) in [6.07, 6.45) is -0.697. The van der Waals surface area contributed by atoms with E-state index in [2.05, 4.69) is 0 Å². The van der Waals surface area contributed by atoms with Crippen molar-refractivity contribution in [3.05, 3.63) is 23.8 Å². The lowest BCUT2D eigenvalue weighted by atomic mass is 10.2. The zero-order valence-electron chi connectivity index (χ0n) is 9.40. The molecule has 0 saturated carbocycles. The molecule has 16 heavy (non-hydrogen) atoms. The van der Waals surface area contributed by atoms with Crippen LogP contribution in [-0.2, 0) is 11.3 Å². The van der Waals surface area contributed by atoms with Gasteiger partial charge in [-0.05, 0) is 24.6 Å². The van der Waals surface area contributed by atoms with Crippen LogP contribution in [0.3, 0.4) is 0 Å². The van der Waals surface area contributed by atoms with E-state index in [-0.39, 0.29) is 0 Å². The van der Waals surface area contributed by atoms with Gasteiger partial charge >= 0.3 is 0 Å². The van der Waals surface area contributed by atoms with E-state index in [1.807, 2.05) is 6.07 Å². The molecule has 1 rings (SSSR count). The van der Waals surface area contributed by atoms with Crippen molar-refractivity contribution in [3.8, 4) is 11.5 Å². The average molecular weight is 224 g/mol. The fourth-order valence-electron chi connectivity index (χ4n) is 1.18. The smallest absolute Gasteiger partial charge is 0.258 e. The zero-order valence-corrected chi connectivity index (χ0v) is 9.40. The van der Waals surface area contributed by atoms with E-state index in [0.717, 1.165) is 5.56 Å². The van der Waals surface area contributed by atoms with Gasteiger partial charge in [0.15, 0.2) is 17.6 Å². The Bertz CT molecular complexity index is 379. The molecule has 1 aromatic rings. The first-order valence-corrected chi connectivity index (χ1v) is 4.91. The van der Waals surface area contributed by atoms with Crippen molar-refractivity contribution >= 4 is 5.91 Å². The van der Waals surface area contributed by atoms with Crippen molar-refractivity contribution in [2.24, 2.45) is 11.5 Å². The molecule has 5 heteroatoms. The highest BCUT2D eigenvalue weighted by Gasteiger charge is 2.13. The van der Waals surface area contributed by atoms with Gasteiger partial charge in [0.2, 0.25) is 0 Å². The largest absolute Gasteiger partial charge is 0.493 e. The molecule has 0 aliphatic heterocycles. The van der Waals surface area contributed by atoms with Gasteiger partial charge in [0.1, 0.15) is 0 Å². The van der Waals surface area contributed by atoms with Crippen LogP contribution in [0.15, 0.2) is 18.2 Å². The van der Waals surface area contributed by atoms with Crippen LogP contribution in [0.4, 0.5) is 0 Å². The third-order valence-electron chi connectivity index (χ3n) is 2.17. The van der Waals surface area contributed by atoms with Crippen LogP contribution in [-0.4, -0.2) is 19.1 Å². The van der Waals surface area contributed by atoms with Crippen LogP contribution < -0.4 is 20.9 Å². The summed E-state index contributed by atoms with van der Waals surface area (Å²) in [6.45, 7) is 2.00. The second-order valence-electron chi connectivity index (χ2n) is 3.35. The molecular weight excluding hydrogens is 208 g/mol. The highest BCUT2D eigenvalue weighted by Crippen LogP contribution is 2.28. The van der Waals surface area contributed by atoms with Crippen molar-refractivity contribution in [1.82, 2.24) is 0 Å². The first-order chi connectivity index (χ1) is 7.58. The minimum absolute atomic E-state index is 0.419. The molecule has 0 saturated heterocycles. The Morgan fingerprint density at radius 1 is 1.44 bits per heavy atom. The zero-order chi connectivity index (χ0) is 12.1. The van der Waals surface area contributed by atoms with Crippen molar-refractivity contribution < 1.29 is 14.3 Å². The van der Waals surface area contributed by atoms with Gasteiger partial charge in [-0.25, -0.2) is 0 Å². The predicted molar refractivity (Wildman–Crippen MR) is 60.2 cm³/mol. The van der Waals surface area contributed by atoms with E-state index >= 15 is 0 Å². The number of hydrogen-bond acceptors (Lipinski definition) is 4. The van der Waals surface area contributed by atoms with Crippen molar-refractivity contribution in [2.75, 3.05) is 7.11 Å². The summed E-state index contributed by atoms with van der Waals surface area (Å²) in [5.41, 5.74) is 11.5. The molecule has 0 aliphatic carbocycles. The Balaban J connectivity index is 2.91. The maximum atomic E-state index is 10.9. The highest BCUT2D eigenvalue weighted by atomic mass is 16.5. The second-order valence-corrected chi connectivity index (χ2v) is 3.35. The first kappa shape index (κ1) is 12.3. The summed E-state index contributed by atoms with van der Waals surface area (Å²) in [5.74, 6) is 0.493. The van der Waals surface area contributed by atoms with E-state index in [0.29, 0.717) is 18.0 Å². The molecular formula is C11H16N2O3. The minimum Gasteiger partial charge on any atom is -0.493 e. The Labute approximate surface area is 94.3 Å². The number of ether oxygens (including phenoxy) is 2. The Morgan fingerprint density at radius 3 is 2.62 bits per heavy atom. The van der Waals surface area contributed by atoms with Gasteiger partial charge in [-0.1, -0.05) is 6.07 Å². The van der Waals surface area contributed by atoms with Crippen LogP contribution in [0.1, 0.15) is 12.5 Å².